The fourth-order valence-corrected chi connectivity index (χ4v) is 1.62. The van der Waals surface area contributed by atoms with Gasteiger partial charge in [-0.3, -0.25) is 9.59 Å². The van der Waals surface area contributed by atoms with Crippen LogP contribution in [0.15, 0.2) is 24.3 Å². The van der Waals surface area contributed by atoms with E-state index in [9.17, 15) is 14.0 Å². The van der Waals surface area contributed by atoms with Crippen LogP contribution < -0.4 is 10.1 Å². The van der Waals surface area contributed by atoms with Crippen molar-refractivity contribution in [1.29, 1.82) is 0 Å². The standard InChI is InChI=1S/C14H18FNO4/c1-2-10(6-14(18)19)8-16-13(17)9-20-12-5-3-4-11(15)7-12/h3-5,7,10H,2,6,8-9H2,1H3,(H,16,17)(H,18,19). The summed E-state index contributed by atoms with van der Waals surface area (Å²) in [6, 6.07) is 5.51. The summed E-state index contributed by atoms with van der Waals surface area (Å²) in [5, 5.41) is 11.3. The van der Waals surface area contributed by atoms with Crippen molar-refractivity contribution in [2.45, 2.75) is 19.8 Å². The van der Waals surface area contributed by atoms with Gasteiger partial charge in [0.2, 0.25) is 0 Å². The lowest BCUT2D eigenvalue weighted by Gasteiger charge is -2.13. The number of nitrogens with one attached hydrogen (secondary N) is 1. The lowest BCUT2D eigenvalue weighted by Crippen LogP contribution is -2.33. The second-order valence-electron chi connectivity index (χ2n) is 4.42. The topological polar surface area (TPSA) is 75.6 Å². The van der Waals surface area contributed by atoms with E-state index in [0.717, 1.165) is 0 Å². The second-order valence-corrected chi connectivity index (χ2v) is 4.42. The number of aliphatic carboxylic acids is 1. The fourth-order valence-electron chi connectivity index (χ4n) is 1.62. The number of halogens is 1. The summed E-state index contributed by atoms with van der Waals surface area (Å²) < 4.78 is 18.0. The Hall–Kier alpha value is -2.11. The third-order valence-electron chi connectivity index (χ3n) is 2.79. The Labute approximate surface area is 116 Å². The van der Waals surface area contributed by atoms with Crippen molar-refractivity contribution in [3.63, 3.8) is 0 Å². The number of rotatable bonds is 8. The van der Waals surface area contributed by atoms with E-state index in [1.165, 1.54) is 18.2 Å². The lowest BCUT2D eigenvalue weighted by molar-refractivity contribution is -0.138. The van der Waals surface area contributed by atoms with Gasteiger partial charge in [-0.15, -0.1) is 0 Å². The molecule has 0 aliphatic carbocycles. The van der Waals surface area contributed by atoms with Gasteiger partial charge in [0.25, 0.3) is 5.91 Å². The average Bonchev–Trinajstić information content (AvgIpc) is 2.40. The molecule has 1 aromatic rings. The molecule has 0 aliphatic rings. The van der Waals surface area contributed by atoms with E-state index in [1.54, 1.807) is 6.07 Å². The number of benzene rings is 1. The van der Waals surface area contributed by atoms with Crippen LogP contribution in [0.5, 0.6) is 5.75 Å². The van der Waals surface area contributed by atoms with Crippen molar-refractivity contribution >= 4 is 11.9 Å². The van der Waals surface area contributed by atoms with Gasteiger partial charge in [-0.05, 0) is 18.1 Å². The minimum atomic E-state index is -0.887. The van der Waals surface area contributed by atoms with E-state index in [4.69, 9.17) is 9.84 Å². The molecule has 1 amide bonds. The number of amides is 1. The summed E-state index contributed by atoms with van der Waals surface area (Å²) in [4.78, 5) is 22.1. The van der Waals surface area contributed by atoms with Gasteiger partial charge in [0.1, 0.15) is 11.6 Å². The molecule has 2 N–H and O–H groups in total. The molecule has 0 aliphatic heterocycles. The molecule has 20 heavy (non-hydrogen) atoms. The second kappa shape index (κ2) is 8.14. The SMILES string of the molecule is CCC(CNC(=O)COc1cccc(F)c1)CC(=O)O. The molecule has 0 heterocycles. The van der Waals surface area contributed by atoms with Crippen LogP contribution in [0.3, 0.4) is 0 Å². The third kappa shape index (κ3) is 6.17. The highest BCUT2D eigenvalue weighted by Crippen LogP contribution is 2.11. The summed E-state index contributed by atoms with van der Waals surface area (Å²) in [6.45, 7) is 1.92. The summed E-state index contributed by atoms with van der Waals surface area (Å²) >= 11 is 0. The maximum Gasteiger partial charge on any atom is 0.303 e. The molecule has 0 saturated heterocycles. The normalized spacial score (nSPS) is 11.7. The zero-order valence-corrected chi connectivity index (χ0v) is 11.3. The Kier molecular flexibility index (Phi) is 6.49. The van der Waals surface area contributed by atoms with Gasteiger partial charge in [-0.2, -0.15) is 0 Å². The molecule has 0 saturated carbocycles. The molecule has 110 valence electrons. The number of carbonyl (C=O) groups is 2. The molecular weight excluding hydrogens is 265 g/mol. The first kappa shape index (κ1) is 15.9. The van der Waals surface area contributed by atoms with Gasteiger partial charge < -0.3 is 15.2 Å². The molecule has 0 spiro atoms. The maximum atomic E-state index is 12.9. The molecule has 1 aromatic carbocycles. The van der Waals surface area contributed by atoms with E-state index >= 15 is 0 Å². The third-order valence-corrected chi connectivity index (χ3v) is 2.79. The van der Waals surface area contributed by atoms with Gasteiger partial charge >= 0.3 is 5.97 Å². The summed E-state index contributed by atoms with van der Waals surface area (Å²) in [7, 11) is 0. The number of hydrogen-bond donors (Lipinski definition) is 2. The van der Waals surface area contributed by atoms with Crippen LogP contribution >= 0.6 is 0 Å². The molecule has 0 bridgehead atoms. The molecule has 1 atom stereocenters. The quantitative estimate of drug-likeness (QED) is 0.763. The number of carbonyl (C=O) groups excluding carboxylic acids is 1. The summed E-state index contributed by atoms with van der Waals surface area (Å²) in [5.41, 5.74) is 0. The molecule has 0 radical (unpaired) electrons. The van der Waals surface area contributed by atoms with Crippen molar-refractivity contribution < 1.29 is 23.8 Å². The summed E-state index contributed by atoms with van der Waals surface area (Å²) in [6.07, 6.45) is 0.679. The first-order valence-electron chi connectivity index (χ1n) is 6.38. The van der Waals surface area contributed by atoms with E-state index in [0.29, 0.717) is 6.42 Å². The van der Waals surface area contributed by atoms with E-state index in [-0.39, 0.29) is 37.1 Å². The molecule has 6 heteroatoms. The Balaban J connectivity index is 2.31. The van der Waals surface area contributed by atoms with Crippen LogP contribution in [0.2, 0.25) is 0 Å². The minimum absolute atomic E-state index is 0.0154. The Morgan fingerprint density at radius 3 is 2.80 bits per heavy atom. The molecule has 0 fully saturated rings. The highest BCUT2D eigenvalue weighted by molar-refractivity contribution is 5.77. The van der Waals surface area contributed by atoms with Gasteiger partial charge in [0, 0.05) is 19.0 Å². The van der Waals surface area contributed by atoms with Crippen molar-refractivity contribution in [1.82, 2.24) is 5.32 Å². The van der Waals surface area contributed by atoms with Crippen LogP contribution in [-0.4, -0.2) is 30.1 Å². The van der Waals surface area contributed by atoms with Crippen molar-refractivity contribution in [3.05, 3.63) is 30.1 Å². The number of hydrogen-bond acceptors (Lipinski definition) is 3. The molecule has 1 unspecified atom stereocenters. The smallest absolute Gasteiger partial charge is 0.303 e. The van der Waals surface area contributed by atoms with Crippen molar-refractivity contribution in [2.75, 3.05) is 13.2 Å². The summed E-state index contributed by atoms with van der Waals surface area (Å²) in [5.74, 6) is -1.51. The van der Waals surface area contributed by atoms with E-state index < -0.39 is 11.8 Å². The molecule has 0 aromatic heterocycles. The zero-order valence-electron chi connectivity index (χ0n) is 11.3. The van der Waals surface area contributed by atoms with Crippen molar-refractivity contribution in [2.24, 2.45) is 5.92 Å². The fraction of sp³-hybridized carbons (Fsp3) is 0.429. The Bertz CT molecular complexity index is 464. The predicted molar refractivity (Wildman–Crippen MR) is 70.9 cm³/mol. The molecular formula is C14H18FNO4. The van der Waals surface area contributed by atoms with Gasteiger partial charge in [0.05, 0.1) is 0 Å². The predicted octanol–water partition coefficient (Wildman–Crippen LogP) is 1.82. The van der Waals surface area contributed by atoms with Crippen LogP contribution in [-0.2, 0) is 9.59 Å². The van der Waals surface area contributed by atoms with Gasteiger partial charge in [-0.1, -0.05) is 19.4 Å². The first-order valence-corrected chi connectivity index (χ1v) is 6.38. The first-order chi connectivity index (χ1) is 9.51. The highest BCUT2D eigenvalue weighted by Gasteiger charge is 2.12. The largest absolute Gasteiger partial charge is 0.484 e. The van der Waals surface area contributed by atoms with Crippen LogP contribution in [0.25, 0.3) is 0 Å². The Morgan fingerprint density at radius 1 is 1.45 bits per heavy atom. The van der Waals surface area contributed by atoms with Crippen LogP contribution in [0, 0.1) is 11.7 Å². The number of ether oxygens (including phenoxy) is 1. The van der Waals surface area contributed by atoms with Crippen LogP contribution in [0.1, 0.15) is 19.8 Å². The minimum Gasteiger partial charge on any atom is -0.484 e. The van der Waals surface area contributed by atoms with E-state index in [2.05, 4.69) is 5.32 Å². The number of carboxylic acids is 1. The van der Waals surface area contributed by atoms with Gasteiger partial charge in [-0.25, -0.2) is 4.39 Å². The average molecular weight is 283 g/mol. The van der Waals surface area contributed by atoms with Gasteiger partial charge in [0.15, 0.2) is 6.61 Å². The Morgan fingerprint density at radius 2 is 2.20 bits per heavy atom. The highest BCUT2D eigenvalue weighted by atomic mass is 19.1. The van der Waals surface area contributed by atoms with E-state index in [1.807, 2.05) is 6.92 Å². The van der Waals surface area contributed by atoms with Crippen LogP contribution in [0.4, 0.5) is 4.39 Å². The number of carboxylic acid groups (broad SMARTS) is 1. The van der Waals surface area contributed by atoms with Crippen molar-refractivity contribution in [3.8, 4) is 5.75 Å². The zero-order chi connectivity index (χ0) is 15.0. The molecule has 5 nitrogen and oxygen atoms in total. The molecule has 1 rings (SSSR count). The maximum absolute atomic E-state index is 12.9. The lowest BCUT2D eigenvalue weighted by atomic mass is 10.0. The monoisotopic (exact) mass is 283 g/mol.